The predicted molar refractivity (Wildman–Crippen MR) is 80.0 cm³/mol. The molecule has 1 heterocycles. The van der Waals surface area contributed by atoms with Crippen LogP contribution in [0.15, 0.2) is 24.3 Å². The van der Waals surface area contributed by atoms with Gasteiger partial charge < -0.3 is 15.0 Å². The van der Waals surface area contributed by atoms with Gasteiger partial charge in [-0.05, 0) is 26.3 Å². The zero-order valence-electron chi connectivity index (χ0n) is 13.1. The average Bonchev–Trinajstić information content (AvgIpc) is 2.95. The maximum Gasteiger partial charge on any atom is 0.409 e. The molecule has 120 valence electrons. The summed E-state index contributed by atoms with van der Waals surface area (Å²) in [5.74, 6) is -0.653. The number of likely N-dealkylation sites (tertiary alicyclic amines) is 1. The quantitative estimate of drug-likeness (QED) is 0.930. The van der Waals surface area contributed by atoms with E-state index in [0.717, 1.165) is 0 Å². The lowest BCUT2D eigenvalue weighted by Gasteiger charge is -2.26. The molecular formula is C16H21FN2O3. The number of hydrogen-bond acceptors (Lipinski definition) is 3. The number of nitrogens with zero attached hydrogens (tertiary/aromatic N) is 1. The summed E-state index contributed by atoms with van der Waals surface area (Å²) in [7, 11) is 1.33. The van der Waals surface area contributed by atoms with Crippen LogP contribution >= 0.6 is 0 Å². The second-order valence-corrected chi connectivity index (χ2v) is 5.98. The van der Waals surface area contributed by atoms with Gasteiger partial charge in [-0.15, -0.1) is 0 Å². The lowest BCUT2D eigenvalue weighted by molar-refractivity contribution is -0.126. The van der Waals surface area contributed by atoms with E-state index in [4.69, 9.17) is 0 Å². The minimum atomic E-state index is -0.982. The van der Waals surface area contributed by atoms with Crippen molar-refractivity contribution in [2.75, 3.05) is 20.2 Å². The monoisotopic (exact) mass is 308 g/mol. The van der Waals surface area contributed by atoms with Crippen LogP contribution in [-0.2, 0) is 14.9 Å². The third kappa shape index (κ3) is 3.21. The summed E-state index contributed by atoms with van der Waals surface area (Å²) in [5, 5.41) is 2.90. The Kier molecular flexibility index (Phi) is 4.68. The molecule has 0 spiro atoms. The molecule has 22 heavy (non-hydrogen) atoms. The van der Waals surface area contributed by atoms with E-state index in [1.54, 1.807) is 36.9 Å². The second-order valence-electron chi connectivity index (χ2n) is 5.98. The lowest BCUT2D eigenvalue weighted by Crippen LogP contribution is -2.46. The van der Waals surface area contributed by atoms with Gasteiger partial charge in [0, 0.05) is 24.7 Å². The maximum absolute atomic E-state index is 13.9. The smallest absolute Gasteiger partial charge is 0.409 e. The number of carbonyl (C=O) groups excluding carboxylic acids is 2. The van der Waals surface area contributed by atoms with Crippen LogP contribution in [0.2, 0.25) is 0 Å². The van der Waals surface area contributed by atoms with Crippen LogP contribution in [0.5, 0.6) is 0 Å². The highest BCUT2D eigenvalue weighted by Crippen LogP contribution is 2.26. The Morgan fingerprint density at radius 3 is 2.68 bits per heavy atom. The molecule has 1 aromatic rings. The second kappa shape index (κ2) is 6.34. The summed E-state index contributed by atoms with van der Waals surface area (Å²) in [6, 6.07) is 6.13. The molecule has 1 atom stereocenters. The van der Waals surface area contributed by atoms with Gasteiger partial charge in [0.25, 0.3) is 0 Å². The fourth-order valence-electron chi connectivity index (χ4n) is 2.63. The highest BCUT2D eigenvalue weighted by atomic mass is 19.1. The number of rotatable bonds is 3. The normalized spacial score (nSPS) is 18.2. The molecule has 0 bridgehead atoms. The summed E-state index contributed by atoms with van der Waals surface area (Å²) in [4.78, 5) is 25.5. The summed E-state index contributed by atoms with van der Waals surface area (Å²) >= 11 is 0. The van der Waals surface area contributed by atoms with Gasteiger partial charge in [-0.25, -0.2) is 9.18 Å². The van der Waals surface area contributed by atoms with Crippen molar-refractivity contribution in [3.63, 3.8) is 0 Å². The van der Waals surface area contributed by atoms with Crippen LogP contribution < -0.4 is 5.32 Å². The Balaban J connectivity index is 2.03. The molecule has 6 heteroatoms. The number of methoxy groups -OCH3 is 1. The summed E-state index contributed by atoms with van der Waals surface area (Å²) in [6.45, 7) is 4.32. The van der Waals surface area contributed by atoms with E-state index < -0.39 is 17.3 Å². The first-order valence-electron chi connectivity index (χ1n) is 7.25. The number of benzene rings is 1. The number of nitrogens with one attached hydrogen (secondary N) is 1. The molecule has 2 amide bonds. The van der Waals surface area contributed by atoms with Gasteiger partial charge in [-0.1, -0.05) is 18.2 Å². The first kappa shape index (κ1) is 16.3. The summed E-state index contributed by atoms with van der Waals surface area (Å²) in [6.07, 6.45) is 0.263. The van der Waals surface area contributed by atoms with Crippen LogP contribution in [0.1, 0.15) is 25.8 Å². The van der Waals surface area contributed by atoms with Crippen molar-refractivity contribution >= 4 is 12.0 Å². The molecule has 2 rings (SSSR count). The third-order valence-electron chi connectivity index (χ3n) is 4.07. The number of ether oxygens (including phenoxy) is 1. The van der Waals surface area contributed by atoms with Gasteiger partial charge >= 0.3 is 6.09 Å². The Bertz CT molecular complexity index is 574. The molecule has 0 saturated carbocycles. The van der Waals surface area contributed by atoms with Crippen molar-refractivity contribution in [3.8, 4) is 0 Å². The number of halogens is 1. The molecule has 1 fully saturated rings. The van der Waals surface area contributed by atoms with Crippen LogP contribution in [0, 0.1) is 5.82 Å². The van der Waals surface area contributed by atoms with Gasteiger partial charge in [-0.3, -0.25) is 4.79 Å². The van der Waals surface area contributed by atoms with Gasteiger partial charge in [0.2, 0.25) is 5.91 Å². The average molecular weight is 308 g/mol. The molecule has 0 radical (unpaired) electrons. The SMILES string of the molecule is COC(=O)N1CC[C@@H](NC(=O)C(C)(C)c2ccccc2F)C1. The lowest BCUT2D eigenvalue weighted by atomic mass is 9.83. The number of amides is 2. The van der Waals surface area contributed by atoms with E-state index in [2.05, 4.69) is 10.1 Å². The van der Waals surface area contributed by atoms with E-state index in [0.29, 0.717) is 25.1 Å². The van der Waals surface area contributed by atoms with E-state index in [9.17, 15) is 14.0 Å². The third-order valence-corrected chi connectivity index (χ3v) is 4.07. The van der Waals surface area contributed by atoms with E-state index in [-0.39, 0.29) is 11.9 Å². The summed E-state index contributed by atoms with van der Waals surface area (Å²) < 4.78 is 18.6. The Hall–Kier alpha value is -2.11. The summed E-state index contributed by atoms with van der Waals surface area (Å²) in [5.41, 5.74) is -0.625. The predicted octanol–water partition coefficient (Wildman–Crippen LogP) is 2.06. The zero-order valence-corrected chi connectivity index (χ0v) is 13.1. The Morgan fingerprint density at radius 1 is 1.36 bits per heavy atom. The molecule has 1 aliphatic rings. The minimum absolute atomic E-state index is 0.141. The van der Waals surface area contributed by atoms with Crippen molar-refractivity contribution in [2.24, 2.45) is 0 Å². The largest absolute Gasteiger partial charge is 0.453 e. The van der Waals surface area contributed by atoms with Crippen molar-refractivity contribution < 1.29 is 18.7 Å². The molecule has 1 saturated heterocycles. The fraction of sp³-hybridized carbons (Fsp3) is 0.500. The first-order chi connectivity index (χ1) is 10.4. The van der Waals surface area contributed by atoms with Crippen molar-refractivity contribution in [1.82, 2.24) is 10.2 Å². The molecule has 1 aromatic carbocycles. The van der Waals surface area contributed by atoms with Gasteiger partial charge in [0.1, 0.15) is 5.82 Å². The molecular weight excluding hydrogens is 287 g/mol. The van der Waals surface area contributed by atoms with Crippen molar-refractivity contribution in [1.29, 1.82) is 0 Å². The van der Waals surface area contributed by atoms with Gasteiger partial charge in [0.15, 0.2) is 0 Å². The molecule has 5 nitrogen and oxygen atoms in total. The highest BCUT2D eigenvalue weighted by molar-refractivity contribution is 5.87. The van der Waals surface area contributed by atoms with Crippen LogP contribution in [0.3, 0.4) is 0 Å². The van der Waals surface area contributed by atoms with Gasteiger partial charge in [-0.2, -0.15) is 0 Å². The number of hydrogen-bond donors (Lipinski definition) is 1. The maximum atomic E-state index is 13.9. The van der Waals surface area contributed by atoms with Crippen LogP contribution in [-0.4, -0.2) is 43.1 Å². The topological polar surface area (TPSA) is 58.6 Å². The van der Waals surface area contributed by atoms with Crippen molar-refractivity contribution in [3.05, 3.63) is 35.6 Å². The molecule has 0 aromatic heterocycles. The zero-order chi connectivity index (χ0) is 16.3. The highest BCUT2D eigenvalue weighted by Gasteiger charge is 2.35. The Morgan fingerprint density at radius 2 is 2.05 bits per heavy atom. The Labute approximate surface area is 129 Å². The van der Waals surface area contributed by atoms with Gasteiger partial charge in [0.05, 0.1) is 12.5 Å². The molecule has 1 aliphatic heterocycles. The van der Waals surface area contributed by atoms with E-state index in [1.807, 2.05) is 0 Å². The van der Waals surface area contributed by atoms with Crippen LogP contribution in [0.4, 0.5) is 9.18 Å². The standard InChI is InChI=1S/C16H21FN2O3/c1-16(2,12-6-4-5-7-13(12)17)14(20)18-11-8-9-19(10-11)15(21)22-3/h4-7,11H,8-10H2,1-3H3,(H,18,20)/t11-/m1/s1. The van der Waals surface area contributed by atoms with Crippen molar-refractivity contribution in [2.45, 2.75) is 31.7 Å². The number of carbonyl (C=O) groups is 2. The molecule has 0 aliphatic carbocycles. The first-order valence-corrected chi connectivity index (χ1v) is 7.25. The van der Waals surface area contributed by atoms with E-state index in [1.165, 1.54) is 13.2 Å². The minimum Gasteiger partial charge on any atom is -0.453 e. The molecule has 0 unspecified atom stereocenters. The van der Waals surface area contributed by atoms with Crippen LogP contribution in [0.25, 0.3) is 0 Å². The fourth-order valence-corrected chi connectivity index (χ4v) is 2.63. The van der Waals surface area contributed by atoms with E-state index >= 15 is 0 Å². The molecule has 1 N–H and O–H groups in total.